The Hall–Kier alpha value is -2.76. The zero-order chi connectivity index (χ0) is 26.7. The lowest BCUT2D eigenvalue weighted by atomic mass is 10.0. The van der Waals surface area contributed by atoms with Crippen LogP contribution >= 0.6 is 11.6 Å². The molecule has 3 aromatic carbocycles. The van der Waals surface area contributed by atoms with E-state index in [0.29, 0.717) is 10.6 Å². The van der Waals surface area contributed by atoms with Crippen LogP contribution in [0.2, 0.25) is 5.02 Å². The van der Waals surface area contributed by atoms with Crippen molar-refractivity contribution in [1.82, 2.24) is 8.61 Å². The molecule has 8 nitrogen and oxygen atoms in total. The Balaban J connectivity index is 1.91. The van der Waals surface area contributed by atoms with Crippen LogP contribution < -0.4 is 0 Å². The van der Waals surface area contributed by atoms with Gasteiger partial charge in [0.15, 0.2) is 0 Å². The quantitative estimate of drug-likeness (QED) is 0.370. The van der Waals surface area contributed by atoms with Crippen LogP contribution in [0.5, 0.6) is 0 Å². The van der Waals surface area contributed by atoms with Crippen molar-refractivity contribution in [2.24, 2.45) is 0 Å². The highest BCUT2D eigenvalue weighted by Crippen LogP contribution is 2.29. The molecule has 0 heterocycles. The van der Waals surface area contributed by atoms with Gasteiger partial charge in [-0.2, -0.15) is 4.31 Å². The van der Waals surface area contributed by atoms with E-state index in [1.165, 1.54) is 69.7 Å². The molecule has 0 radical (unpaired) electrons. The number of benzene rings is 3. The molecular formula is C25H27ClN2O6S2. The van der Waals surface area contributed by atoms with Gasteiger partial charge in [0.1, 0.15) is 6.10 Å². The summed E-state index contributed by atoms with van der Waals surface area (Å²) in [5, 5.41) is 0.408. The Labute approximate surface area is 217 Å². The van der Waals surface area contributed by atoms with Gasteiger partial charge in [-0.25, -0.2) is 25.9 Å². The number of esters is 1. The lowest BCUT2D eigenvalue weighted by molar-refractivity contribution is 0.0146. The summed E-state index contributed by atoms with van der Waals surface area (Å²) >= 11 is 5.90. The van der Waals surface area contributed by atoms with Crippen LogP contribution in [0.15, 0.2) is 88.7 Å². The van der Waals surface area contributed by atoms with E-state index in [2.05, 4.69) is 0 Å². The van der Waals surface area contributed by atoms with Gasteiger partial charge in [-0.1, -0.05) is 41.9 Å². The maximum absolute atomic E-state index is 13.2. The first-order chi connectivity index (χ1) is 16.9. The maximum atomic E-state index is 13.2. The molecule has 0 fully saturated rings. The number of likely N-dealkylation sites (N-methyl/N-ethyl adjacent to an activating group) is 1. The number of carbonyl (C=O) groups is 1. The Morgan fingerprint density at radius 2 is 1.28 bits per heavy atom. The molecule has 3 rings (SSSR count). The average Bonchev–Trinajstić information content (AvgIpc) is 2.87. The van der Waals surface area contributed by atoms with Crippen molar-refractivity contribution in [1.29, 1.82) is 0 Å². The van der Waals surface area contributed by atoms with Crippen LogP contribution in [-0.4, -0.2) is 58.6 Å². The summed E-state index contributed by atoms with van der Waals surface area (Å²) in [5.74, 6) is -0.721. The van der Waals surface area contributed by atoms with Gasteiger partial charge in [-0.3, -0.25) is 0 Å². The monoisotopic (exact) mass is 550 g/mol. The van der Waals surface area contributed by atoms with Gasteiger partial charge in [0.2, 0.25) is 20.0 Å². The number of sulfonamides is 2. The second-order valence-corrected chi connectivity index (χ2v) is 12.8. The third-order valence-electron chi connectivity index (χ3n) is 5.73. The first kappa shape index (κ1) is 27.8. The number of carbonyl (C=O) groups excluding carboxylic acids is 1. The van der Waals surface area contributed by atoms with Crippen molar-refractivity contribution in [2.75, 3.05) is 21.1 Å². The highest BCUT2D eigenvalue weighted by Gasteiger charge is 2.34. The number of nitrogens with zero attached hydrogens (tertiary/aromatic N) is 2. The van der Waals surface area contributed by atoms with Gasteiger partial charge in [0, 0.05) is 26.2 Å². The minimum atomic E-state index is -3.93. The van der Waals surface area contributed by atoms with Crippen molar-refractivity contribution >= 4 is 37.6 Å². The SMILES string of the molecule is CC(C(OC(=O)c1ccc(S(=O)(=O)N(C)C)cc1)c1ccccc1)N(C)S(=O)(=O)c1ccc(Cl)cc1. The third-order valence-corrected chi connectivity index (χ3v) is 9.77. The fourth-order valence-corrected chi connectivity index (χ4v) is 5.82. The molecule has 0 spiro atoms. The molecule has 0 saturated carbocycles. The topological polar surface area (TPSA) is 101 Å². The lowest BCUT2D eigenvalue weighted by Gasteiger charge is -2.31. The second kappa shape index (κ2) is 11.1. The highest BCUT2D eigenvalue weighted by atomic mass is 35.5. The summed E-state index contributed by atoms with van der Waals surface area (Å²) in [6.45, 7) is 1.64. The smallest absolute Gasteiger partial charge is 0.338 e. The van der Waals surface area contributed by atoms with Crippen LogP contribution in [0.4, 0.5) is 0 Å². The molecule has 3 aromatic rings. The van der Waals surface area contributed by atoms with Crippen LogP contribution in [0.25, 0.3) is 0 Å². The minimum Gasteiger partial charge on any atom is -0.452 e. The van der Waals surface area contributed by atoms with Gasteiger partial charge in [-0.05, 0) is 61.0 Å². The summed E-state index contributed by atoms with van der Waals surface area (Å²) in [7, 11) is -3.34. The molecule has 36 heavy (non-hydrogen) atoms. The Kier molecular flexibility index (Phi) is 8.58. The maximum Gasteiger partial charge on any atom is 0.338 e. The highest BCUT2D eigenvalue weighted by molar-refractivity contribution is 7.89. The predicted molar refractivity (Wildman–Crippen MR) is 138 cm³/mol. The number of halogens is 1. The van der Waals surface area contributed by atoms with E-state index < -0.39 is 38.2 Å². The normalized spacial score (nSPS) is 14.0. The van der Waals surface area contributed by atoms with Crippen molar-refractivity contribution in [3.8, 4) is 0 Å². The van der Waals surface area contributed by atoms with E-state index in [0.717, 1.165) is 8.61 Å². The first-order valence-electron chi connectivity index (χ1n) is 10.9. The molecular weight excluding hydrogens is 524 g/mol. The van der Waals surface area contributed by atoms with E-state index in [-0.39, 0.29) is 15.4 Å². The molecule has 0 aliphatic carbocycles. The molecule has 0 amide bonds. The summed E-state index contributed by atoms with van der Waals surface area (Å²) in [6, 6.07) is 19.2. The molecule has 0 aliphatic heterocycles. The Morgan fingerprint density at radius 3 is 1.81 bits per heavy atom. The summed E-state index contributed by atoms with van der Waals surface area (Å²) < 4.78 is 59.1. The van der Waals surface area contributed by atoms with Gasteiger partial charge in [-0.15, -0.1) is 0 Å². The zero-order valence-corrected chi connectivity index (χ0v) is 22.6. The first-order valence-corrected chi connectivity index (χ1v) is 14.1. The Morgan fingerprint density at radius 1 is 0.778 bits per heavy atom. The zero-order valence-electron chi connectivity index (χ0n) is 20.2. The molecule has 0 bridgehead atoms. The molecule has 0 saturated heterocycles. The standard InChI is InChI=1S/C25H27ClN2O6S2/c1-18(28(4)36(32,33)23-16-12-21(26)13-17-23)24(19-8-6-5-7-9-19)34-25(29)20-10-14-22(15-11-20)35(30,31)27(2)3/h5-18,24H,1-4H3. The van der Waals surface area contributed by atoms with E-state index in [4.69, 9.17) is 16.3 Å². The van der Waals surface area contributed by atoms with Gasteiger partial charge < -0.3 is 4.74 Å². The van der Waals surface area contributed by atoms with Crippen molar-refractivity contribution in [3.05, 3.63) is 95.0 Å². The number of rotatable bonds is 9. The van der Waals surface area contributed by atoms with Gasteiger partial charge in [0.05, 0.1) is 21.4 Å². The third kappa shape index (κ3) is 5.96. The fraction of sp³-hybridized carbons (Fsp3) is 0.240. The van der Waals surface area contributed by atoms with Crippen LogP contribution in [-0.2, 0) is 24.8 Å². The predicted octanol–water partition coefficient (Wildman–Crippen LogP) is 4.20. The molecule has 192 valence electrons. The molecule has 2 atom stereocenters. The Bertz CT molecular complexity index is 1410. The minimum absolute atomic E-state index is 0.0332. The number of hydrogen-bond acceptors (Lipinski definition) is 6. The number of ether oxygens (including phenoxy) is 1. The molecule has 0 aliphatic rings. The molecule has 2 unspecified atom stereocenters. The van der Waals surface area contributed by atoms with Crippen LogP contribution in [0.3, 0.4) is 0 Å². The average molecular weight is 551 g/mol. The van der Waals surface area contributed by atoms with E-state index >= 15 is 0 Å². The van der Waals surface area contributed by atoms with Crippen molar-refractivity contribution in [2.45, 2.75) is 28.9 Å². The largest absolute Gasteiger partial charge is 0.452 e. The van der Waals surface area contributed by atoms with Gasteiger partial charge >= 0.3 is 5.97 Å². The molecule has 0 N–H and O–H groups in total. The van der Waals surface area contributed by atoms with Gasteiger partial charge in [0.25, 0.3) is 0 Å². The van der Waals surface area contributed by atoms with Crippen LogP contribution in [0.1, 0.15) is 28.9 Å². The summed E-state index contributed by atoms with van der Waals surface area (Å²) in [4.78, 5) is 13.1. The lowest BCUT2D eigenvalue weighted by Crippen LogP contribution is -2.40. The summed E-state index contributed by atoms with van der Waals surface area (Å²) in [6.07, 6.45) is -0.948. The van der Waals surface area contributed by atoms with Crippen molar-refractivity contribution < 1.29 is 26.4 Å². The molecule has 0 aromatic heterocycles. The van der Waals surface area contributed by atoms with E-state index in [1.807, 2.05) is 0 Å². The fourth-order valence-electron chi connectivity index (χ4n) is 3.43. The van der Waals surface area contributed by atoms with Crippen molar-refractivity contribution in [3.63, 3.8) is 0 Å². The number of hydrogen-bond donors (Lipinski definition) is 0. The molecule has 11 heteroatoms. The van der Waals surface area contributed by atoms with E-state index in [9.17, 15) is 21.6 Å². The second-order valence-electron chi connectivity index (χ2n) is 8.26. The summed E-state index contributed by atoms with van der Waals surface area (Å²) in [5.41, 5.74) is 0.729. The van der Waals surface area contributed by atoms with E-state index in [1.54, 1.807) is 37.3 Å². The van der Waals surface area contributed by atoms with Crippen LogP contribution in [0, 0.1) is 0 Å².